The Morgan fingerprint density at radius 3 is 2.81 bits per heavy atom. The van der Waals surface area contributed by atoms with E-state index in [0.717, 1.165) is 43.2 Å². The number of halogens is 2. The van der Waals surface area contributed by atoms with E-state index in [1.165, 1.54) is 6.42 Å². The van der Waals surface area contributed by atoms with Crippen LogP contribution in [0.3, 0.4) is 0 Å². The average Bonchev–Trinajstić information content (AvgIpc) is 3.12. The summed E-state index contributed by atoms with van der Waals surface area (Å²) in [6.45, 7) is 1.29. The van der Waals surface area contributed by atoms with E-state index in [2.05, 4.69) is 21.6 Å². The van der Waals surface area contributed by atoms with Crippen molar-refractivity contribution in [3.8, 4) is 0 Å². The van der Waals surface area contributed by atoms with Crippen LogP contribution < -0.4 is 9.62 Å². The molecule has 1 fully saturated rings. The first kappa shape index (κ1) is 18.8. The zero-order valence-electron chi connectivity index (χ0n) is 14.5. The maximum Gasteiger partial charge on any atom is 0.333 e. The zero-order chi connectivity index (χ0) is 18.7. The lowest BCUT2D eigenvalue weighted by atomic mass is 9.99. The van der Waals surface area contributed by atoms with Crippen LogP contribution in [0.4, 0.5) is 14.5 Å². The molecule has 142 valence electrons. The highest BCUT2D eigenvalue weighted by atomic mass is 32.2. The Kier molecular flexibility index (Phi) is 5.57. The number of anilines is 1. The summed E-state index contributed by atoms with van der Waals surface area (Å²) < 4.78 is 52.7. The molecule has 1 aliphatic rings. The summed E-state index contributed by atoms with van der Waals surface area (Å²) >= 11 is 0. The van der Waals surface area contributed by atoms with Crippen molar-refractivity contribution in [2.45, 2.75) is 37.8 Å². The maximum absolute atomic E-state index is 12.6. The minimum atomic E-state index is -3.91. The number of benzene rings is 1. The molecule has 0 spiro atoms. The largest absolute Gasteiger partial charge is 0.371 e. The predicted molar refractivity (Wildman–Crippen MR) is 94.6 cm³/mol. The standard InChI is InChI=1S/C17H22F2N4O2S/c1-13-5-4-8-22(11-13)16-7-3-2-6-14(16)9-21-26(24,25)15-10-20-23(12-15)17(18)19/h2-3,6-7,10,12-13,17,21H,4-5,8-9,11H2,1H3/t13-/m1/s1. The number of para-hydroxylation sites is 1. The first-order valence-electron chi connectivity index (χ1n) is 8.51. The Hall–Kier alpha value is -2.00. The molecule has 1 aromatic carbocycles. The van der Waals surface area contributed by atoms with Crippen LogP contribution in [0.2, 0.25) is 0 Å². The fourth-order valence-corrected chi connectivity index (χ4v) is 4.14. The van der Waals surface area contributed by atoms with Gasteiger partial charge in [-0.2, -0.15) is 13.9 Å². The van der Waals surface area contributed by atoms with E-state index in [1.807, 2.05) is 24.3 Å². The van der Waals surface area contributed by atoms with Gasteiger partial charge in [0.05, 0.1) is 12.4 Å². The third-order valence-corrected chi connectivity index (χ3v) is 5.89. The predicted octanol–water partition coefficient (Wildman–Crippen LogP) is 2.99. The van der Waals surface area contributed by atoms with E-state index in [0.29, 0.717) is 10.6 Å². The van der Waals surface area contributed by atoms with E-state index in [4.69, 9.17) is 0 Å². The van der Waals surface area contributed by atoms with Crippen molar-refractivity contribution < 1.29 is 17.2 Å². The van der Waals surface area contributed by atoms with Gasteiger partial charge in [-0.15, -0.1) is 0 Å². The van der Waals surface area contributed by atoms with Crippen molar-refractivity contribution in [2.24, 2.45) is 5.92 Å². The first-order chi connectivity index (χ1) is 12.4. The van der Waals surface area contributed by atoms with Gasteiger partial charge in [-0.05, 0) is 30.4 Å². The van der Waals surface area contributed by atoms with Gasteiger partial charge >= 0.3 is 6.55 Å². The molecule has 1 aliphatic heterocycles. The van der Waals surface area contributed by atoms with Crippen LogP contribution in [-0.4, -0.2) is 31.3 Å². The van der Waals surface area contributed by atoms with E-state index in [9.17, 15) is 17.2 Å². The van der Waals surface area contributed by atoms with Gasteiger partial charge in [0.25, 0.3) is 0 Å². The lowest BCUT2D eigenvalue weighted by Crippen LogP contribution is -2.35. The van der Waals surface area contributed by atoms with Gasteiger partial charge in [0.2, 0.25) is 10.0 Å². The van der Waals surface area contributed by atoms with Crippen LogP contribution in [0, 0.1) is 5.92 Å². The van der Waals surface area contributed by atoms with Crippen molar-refractivity contribution in [3.05, 3.63) is 42.2 Å². The molecule has 0 radical (unpaired) electrons. The molecule has 26 heavy (non-hydrogen) atoms. The van der Waals surface area contributed by atoms with E-state index >= 15 is 0 Å². The second kappa shape index (κ2) is 7.71. The highest BCUT2D eigenvalue weighted by Gasteiger charge is 2.21. The van der Waals surface area contributed by atoms with Crippen LogP contribution in [-0.2, 0) is 16.6 Å². The van der Waals surface area contributed by atoms with Crippen LogP contribution in [0.1, 0.15) is 31.9 Å². The van der Waals surface area contributed by atoms with Gasteiger partial charge in [0.15, 0.2) is 0 Å². The van der Waals surface area contributed by atoms with E-state index < -0.39 is 16.6 Å². The summed E-state index contributed by atoms with van der Waals surface area (Å²) in [5.41, 5.74) is 1.86. The zero-order valence-corrected chi connectivity index (χ0v) is 15.3. The molecule has 9 heteroatoms. The highest BCUT2D eigenvalue weighted by molar-refractivity contribution is 7.89. The number of alkyl halides is 2. The third kappa shape index (κ3) is 4.21. The SMILES string of the molecule is C[C@@H]1CCCN(c2ccccc2CNS(=O)(=O)c2cnn(C(F)F)c2)C1. The van der Waals surface area contributed by atoms with Crippen molar-refractivity contribution in [1.82, 2.24) is 14.5 Å². The quantitative estimate of drug-likeness (QED) is 0.831. The van der Waals surface area contributed by atoms with E-state index in [1.54, 1.807) is 0 Å². The molecule has 0 unspecified atom stereocenters. The second-order valence-electron chi connectivity index (χ2n) is 6.58. The summed E-state index contributed by atoms with van der Waals surface area (Å²) in [5, 5.41) is 3.38. The number of hydrogen-bond donors (Lipinski definition) is 1. The van der Waals surface area contributed by atoms with Gasteiger partial charge in [-0.25, -0.2) is 17.8 Å². The monoisotopic (exact) mass is 384 g/mol. The number of sulfonamides is 1. The van der Waals surface area contributed by atoms with Crippen molar-refractivity contribution >= 4 is 15.7 Å². The fraction of sp³-hybridized carbons (Fsp3) is 0.471. The Morgan fingerprint density at radius 1 is 1.35 bits per heavy atom. The number of rotatable bonds is 6. The minimum Gasteiger partial charge on any atom is -0.371 e. The molecule has 0 aliphatic carbocycles. The van der Waals surface area contributed by atoms with Gasteiger partial charge in [0, 0.05) is 25.3 Å². The van der Waals surface area contributed by atoms with Crippen molar-refractivity contribution in [1.29, 1.82) is 0 Å². The fourth-order valence-electron chi connectivity index (χ4n) is 3.20. The topological polar surface area (TPSA) is 67.2 Å². The van der Waals surface area contributed by atoms with Crippen molar-refractivity contribution in [2.75, 3.05) is 18.0 Å². The van der Waals surface area contributed by atoms with Gasteiger partial charge in [-0.1, -0.05) is 25.1 Å². The van der Waals surface area contributed by atoms with Crippen molar-refractivity contribution in [3.63, 3.8) is 0 Å². The Morgan fingerprint density at radius 2 is 2.12 bits per heavy atom. The van der Waals surface area contributed by atoms with Gasteiger partial charge in [-0.3, -0.25) is 0 Å². The molecule has 0 amide bonds. The molecular weight excluding hydrogens is 362 g/mol. The molecule has 1 N–H and O–H groups in total. The summed E-state index contributed by atoms with van der Waals surface area (Å²) in [6, 6.07) is 7.64. The molecule has 0 saturated carbocycles. The summed E-state index contributed by atoms with van der Waals surface area (Å²) in [7, 11) is -3.91. The number of piperidine rings is 1. The summed E-state index contributed by atoms with van der Waals surface area (Å²) in [4.78, 5) is 1.99. The summed E-state index contributed by atoms with van der Waals surface area (Å²) in [6.07, 6.45) is 4.05. The number of nitrogens with zero attached hydrogens (tertiary/aromatic N) is 3. The van der Waals surface area contributed by atoms with Crippen LogP contribution >= 0.6 is 0 Å². The van der Waals surface area contributed by atoms with Gasteiger partial charge in [0.1, 0.15) is 4.90 Å². The Balaban J connectivity index is 1.75. The van der Waals surface area contributed by atoms with E-state index in [-0.39, 0.29) is 11.4 Å². The molecule has 6 nitrogen and oxygen atoms in total. The smallest absolute Gasteiger partial charge is 0.333 e. The Labute approximate surface area is 151 Å². The first-order valence-corrected chi connectivity index (χ1v) is 10.00. The van der Waals surface area contributed by atoms with Gasteiger partial charge < -0.3 is 4.90 Å². The van der Waals surface area contributed by atoms with Crippen LogP contribution in [0.15, 0.2) is 41.6 Å². The van der Waals surface area contributed by atoms with Crippen LogP contribution in [0.25, 0.3) is 0 Å². The third-order valence-electron chi connectivity index (χ3n) is 4.53. The molecule has 0 bridgehead atoms. The molecule has 2 heterocycles. The number of hydrogen-bond acceptors (Lipinski definition) is 4. The van der Waals surface area contributed by atoms with Crippen LogP contribution in [0.5, 0.6) is 0 Å². The number of aromatic nitrogens is 2. The highest BCUT2D eigenvalue weighted by Crippen LogP contribution is 2.26. The average molecular weight is 384 g/mol. The lowest BCUT2D eigenvalue weighted by Gasteiger charge is -2.34. The lowest BCUT2D eigenvalue weighted by molar-refractivity contribution is 0.0564. The second-order valence-corrected chi connectivity index (χ2v) is 8.35. The molecule has 1 saturated heterocycles. The molecule has 1 aromatic heterocycles. The molecular formula is C17H22F2N4O2S. The molecule has 3 rings (SSSR count). The molecule has 1 atom stereocenters. The maximum atomic E-state index is 12.6. The normalized spacial score (nSPS) is 18.5. The minimum absolute atomic E-state index is 0.0866. The Bertz CT molecular complexity index is 854. The number of nitrogens with one attached hydrogen (secondary N) is 1. The summed E-state index contributed by atoms with van der Waals surface area (Å²) in [5.74, 6) is 0.591. The molecule has 2 aromatic rings.